The van der Waals surface area contributed by atoms with Crippen molar-refractivity contribution in [2.75, 3.05) is 6.67 Å². The van der Waals surface area contributed by atoms with E-state index in [0.29, 0.717) is 0 Å². The Morgan fingerprint density at radius 2 is 1.58 bits per heavy atom. The summed E-state index contributed by atoms with van der Waals surface area (Å²) in [7, 11) is -3.30. The maximum atomic E-state index is 6.55. The fraction of sp³-hybridized carbons (Fsp3) is 0.400. The SMILES string of the molecule is Cc1ccc2c(c1)N=[N+](c1ccccc1Cl)C[N+]2([Si](C)(C)C)[Si](C)(C)C. The molecule has 0 aliphatic carbocycles. The summed E-state index contributed by atoms with van der Waals surface area (Å²) in [6, 6.07) is 14.9. The third-order valence-electron chi connectivity index (χ3n) is 5.54. The molecule has 1 aliphatic rings. The van der Waals surface area contributed by atoms with Crippen molar-refractivity contribution in [2.45, 2.75) is 46.2 Å². The van der Waals surface area contributed by atoms with Gasteiger partial charge in [-0.1, -0.05) is 29.8 Å². The summed E-state index contributed by atoms with van der Waals surface area (Å²) < 4.78 is 3.23. The Morgan fingerprint density at radius 3 is 2.15 bits per heavy atom. The van der Waals surface area contributed by atoms with Gasteiger partial charge in [-0.3, -0.25) is 0 Å². The van der Waals surface area contributed by atoms with E-state index < -0.39 is 16.5 Å². The predicted molar refractivity (Wildman–Crippen MR) is 118 cm³/mol. The van der Waals surface area contributed by atoms with Crippen LogP contribution in [0.3, 0.4) is 0 Å². The van der Waals surface area contributed by atoms with Crippen molar-refractivity contribution in [2.24, 2.45) is 5.11 Å². The Bertz CT molecular complexity index is 865. The van der Waals surface area contributed by atoms with Gasteiger partial charge >= 0.3 is 0 Å². The molecular weight excluding hydrogens is 374 g/mol. The van der Waals surface area contributed by atoms with E-state index in [0.717, 1.165) is 26.9 Å². The smallest absolute Gasteiger partial charge is 0.276 e. The van der Waals surface area contributed by atoms with Gasteiger partial charge < -0.3 is 3.81 Å². The molecule has 1 heterocycles. The van der Waals surface area contributed by atoms with Crippen LogP contribution in [0.25, 0.3) is 0 Å². The number of halogens is 1. The maximum Gasteiger partial charge on any atom is 0.276 e. The molecule has 0 unspecified atom stereocenters. The molecule has 26 heavy (non-hydrogen) atoms. The van der Waals surface area contributed by atoms with Crippen molar-refractivity contribution in [3.63, 3.8) is 0 Å². The molecule has 0 atom stereocenters. The third kappa shape index (κ3) is 3.01. The van der Waals surface area contributed by atoms with Gasteiger partial charge in [-0.25, -0.2) is 0 Å². The van der Waals surface area contributed by atoms with Crippen LogP contribution in [0, 0.1) is 6.92 Å². The summed E-state index contributed by atoms with van der Waals surface area (Å²) in [4.78, 5) is 0. The molecule has 0 amide bonds. The highest BCUT2D eigenvalue weighted by Gasteiger charge is 2.59. The van der Waals surface area contributed by atoms with Gasteiger partial charge in [-0.2, -0.15) is 0 Å². The Morgan fingerprint density at radius 1 is 0.962 bits per heavy atom. The molecule has 0 saturated carbocycles. The Hall–Kier alpha value is -1.28. The molecule has 0 fully saturated rings. The quantitative estimate of drug-likeness (QED) is 0.386. The first-order chi connectivity index (χ1) is 12.0. The first kappa shape index (κ1) is 19.5. The van der Waals surface area contributed by atoms with Crippen LogP contribution in [-0.2, 0) is 0 Å². The Labute approximate surface area is 164 Å². The van der Waals surface area contributed by atoms with E-state index in [-0.39, 0.29) is 0 Å². The van der Waals surface area contributed by atoms with Crippen molar-refractivity contribution >= 4 is 45.1 Å². The molecular formula is C20H30ClN3Si2+2. The number of para-hydroxylation sites is 1. The minimum Gasteiger partial charge on any atom is -0.352 e. The largest absolute Gasteiger partial charge is 0.352 e. The van der Waals surface area contributed by atoms with Crippen LogP contribution in [0.2, 0.25) is 44.3 Å². The highest BCUT2D eigenvalue weighted by Crippen LogP contribution is 2.47. The highest BCUT2D eigenvalue weighted by atomic mass is 35.5. The summed E-state index contributed by atoms with van der Waals surface area (Å²) in [5, 5.41) is 5.80. The van der Waals surface area contributed by atoms with Crippen molar-refractivity contribution < 1.29 is 4.70 Å². The molecule has 3 nitrogen and oxygen atoms in total. The molecule has 0 aromatic heterocycles. The number of rotatable bonds is 3. The molecule has 0 saturated heterocycles. The fourth-order valence-electron chi connectivity index (χ4n) is 4.42. The normalized spacial score (nSPS) is 16.8. The number of quaternary nitrogens is 1. The van der Waals surface area contributed by atoms with Gasteiger partial charge in [0.15, 0.2) is 5.69 Å². The average Bonchev–Trinajstić information content (AvgIpc) is 2.51. The lowest BCUT2D eigenvalue weighted by molar-refractivity contribution is -0.522. The van der Waals surface area contributed by atoms with E-state index in [1.165, 1.54) is 11.3 Å². The van der Waals surface area contributed by atoms with Gasteiger partial charge in [0.25, 0.3) is 28.8 Å². The topological polar surface area (TPSA) is 15.4 Å². The van der Waals surface area contributed by atoms with E-state index in [1.54, 1.807) is 0 Å². The van der Waals surface area contributed by atoms with Crippen molar-refractivity contribution in [3.05, 3.63) is 53.1 Å². The van der Waals surface area contributed by atoms with Crippen molar-refractivity contribution in [3.8, 4) is 0 Å². The average molecular weight is 404 g/mol. The molecule has 138 valence electrons. The van der Waals surface area contributed by atoms with Crippen LogP contribution in [0.4, 0.5) is 17.1 Å². The van der Waals surface area contributed by atoms with Gasteiger partial charge in [0, 0.05) is 11.2 Å². The summed E-state index contributed by atoms with van der Waals surface area (Å²) >= 11 is 6.55. The molecule has 0 bridgehead atoms. The molecule has 0 spiro atoms. The summed E-state index contributed by atoms with van der Waals surface area (Å²) in [6.07, 6.45) is 0. The lowest BCUT2D eigenvalue weighted by Crippen LogP contribution is -2.78. The van der Waals surface area contributed by atoms with E-state index in [4.69, 9.17) is 16.7 Å². The molecule has 0 radical (unpaired) electrons. The third-order valence-corrected chi connectivity index (χ3v) is 15.2. The summed E-state index contributed by atoms with van der Waals surface area (Å²) in [6.45, 7) is 18.0. The van der Waals surface area contributed by atoms with Crippen LogP contribution in [0.5, 0.6) is 0 Å². The summed E-state index contributed by atoms with van der Waals surface area (Å²) in [5.74, 6) is 0. The number of nitrogens with zero attached hydrogens (tertiary/aromatic N) is 3. The zero-order chi connectivity index (χ0) is 19.3. The second-order valence-corrected chi connectivity index (χ2v) is 20.3. The van der Waals surface area contributed by atoms with E-state index in [2.05, 4.69) is 75.2 Å². The minimum absolute atomic E-state index is 0.761. The van der Waals surface area contributed by atoms with Gasteiger partial charge in [0.1, 0.15) is 10.7 Å². The lowest BCUT2D eigenvalue weighted by atomic mass is 10.2. The van der Waals surface area contributed by atoms with Gasteiger partial charge in [-0.05, 0) is 74.7 Å². The number of aryl methyl sites for hydroxylation is 1. The Balaban J connectivity index is 2.36. The number of fused-ring (bicyclic) bond motifs is 1. The molecule has 0 N–H and O–H groups in total. The lowest BCUT2D eigenvalue weighted by Gasteiger charge is -2.54. The zero-order valence-corrected chi connectivity index (χ0v) is 19.7. The Kier molecular flexibility index (Phi) is 4.80. The second kappa shape index (κ2) is 6.41. The first-order valence-electron chi connectivity index (χ1n) is 9.20. The molecule has 6 heteroatoms. The second-order valence-electron chi connectivity index (χ2n) is 9.24. The van der Waals surface area contributed by atoms with E-state index in [9.17, 15) is 0 Å². The number of azo groups is 2. The molecule has 1 aliphatic heterocycles. The standard InChI is InChI=1S/C20H30ClN3Si2/c1-16-12-13-20-18(14-16)22-23(19-11-9-8-10-17(19)21)15-24(20,25(2,3)4)26(5,6)7/h8-14H,15H2,1-7H3/q+2. The van der Waals surface area contributed by atoms with Gasteiger partial charge in [0.05, 0.1) is 0 Å². The maximum absolute atomic E-state index is 6.55. The van der Waals surface area contributed by atoms with E-state index >= 15 is 0 Å². The van der Waals surface area contributed by atoms with Crippen LogP contribution in [0.15, 0.2) is 47.6 Å². The monoisotopic (exact) mass is 403 g/mol. The molecule has 2 aromatic carbocycles. The number of hydrogen-bond donors (Lipinski definition) is 0. The highest BCUT2D eigenvalue weighted by molar-refractivity contribution is 6.95. The minimum atomic E-state index is -1.65. The first-order valence-corrected chi connectivity index (χ1v) is 16.5. The van der Waals surface area contributed by atoms with Gasteiger partial charge in [0.2, 0.25) is 0 Å². The summed E-state index contributed by atoms with van der Waals surface area (Å²) in [5.41, 5.74) is 4.75. The van der Waals surface area contributed by atoms with Crippen LogP contribution >= 0.6 is 11.6 Å². The zero-order valence-electron chi connectivity index (χ0n) is 17.0. The van der Waals surface area contributed by atoms with E-state index in [1.807, 2.05) is 18.2 Å². The number of hydrogen-bond acceptors (Lipinski definition) is 1. The molecule has 2 aromatic rings. The predicted octanol–water partition coefficient (Wildman–Crippen LogP) is 7.02. The van der Waals surface area contributed by atoms with Crippen molar-refractivity contribution in [1.82, 2.24) is 3.81 Å². The number of benzene rings is 2. The van der Waals surface area contributed by atoms with Crippen LogP contribution in [-0.4, -0.2) is 27.8 Å². The van der Waals surface area contributed by atoms with Crippen LogP contribution < -0.4 is 3.81 Å². The van der Waals surface area contributed by atoms with Crippen LogP contribution in [0.1, 0.15) is 5.56 Å². The van der Waals surface area contributed by atoms with Crippen molar-refractivity contribution in [1.29, 1.82) is 0 Å². The van der Waals surface area contributed by atoms with Gasteiger partial charge in [-0.15, -0.1) is 0 Å². The fourth-order valence-corrected chi connectivity index (χ4v) is 15.6. The molecule has 3 rings (SSSR count).